The topological polar surface area (TPSA) is 96.4 Å². The zero-order valence-corrected chi connectivity index (χ0v) is 6.99. The molecule has 6 heteroatoms. The molecule has 0 saturated carbocycles. The van der Waals surface area contributed by atoms with Crippen LogP contribution in [0.4, 0.5) is 0 Å². The van der Waals surface area contributed by atoms with Crippen molar-refractivity contribution in [3.63, 3.8) is 0 Å². The number of hydrogen-bond donors (Lipinski definition) is 2. The third-order valence-electron chi connectivity index (χ3n) is 3.19. The first-order valence-electron chi connectivity index (χ1n) is 4.38. The Morgan fingerprint density at radius 2 is 1.14 bits per heavy atom. The maximum atomic E-state index is 10.9. The van der Waals surface area contributed by atoms with E-state index in [1.807, 2.05) is 0 Å². The van der Waals surface area contributed by atoms with Crippen molar-refractivity contribution in [2.24, 2.45) is 11.8 Å². The van der Waals surface area contributed by atoms with Gasteiger partial charge in [-0.1, -0.05) is 0 Å². The van der Waals surface area contributed by atoms with Gasteiger partial charge in [0.15, 0.2) is 0 Å². The molecular weight excluding hydrogens is 192 g/mol. The lowest BCUT2D eigenvalue weighted by Crippen LogP contribution is -2.41. The smallest absolute Gasteiger partial charge is 0.310 e. The molecule has 6 nitrogen and oxygen atoms in total. The molecule has 3 heterocycles. The minimum Gasteiger partial charge on any atom is -0.481 e. The molecule has 0 unspecified atom stereocenters. The standard InChI is InChI=1S/C8H8O6/c9-7(10)1-2(8(11)12)4-6-5(14-6)3(1)13-4/h1-6H,(H,9,10)(H,11,12)/t1-,2-,3-,4+,5-,6+/m0/s1. The molecule has 3 aliphatic rings. The van der Waals surface area contributed by atoms with Gasteiger partial charge in [0.1, 0.15) is 36.3 Å². The Kier molecular flexibility index (Phi) is 1.32. The largest absolute Gasteiger partial charge is 0.481 e. The van der Waals surface area contributed by atoms with Crippen molar-refractivity contribution in [3.05, 3.63) is 0 Å². The van der Waals surface area contributed by atoms with Gasteiger partial charge in [-0.25, -0.2) is 0 Å². The molecule has 0 aromatic heterocycles. The summed E-state index contributed by atoms with van der Waals surface area (Å²) in [5, 5.41) is 17.8. The fourth-order valence-corrected chi connectivity index (χ4v) is 2.58. The minimum atomic E-state index is -1.11. The van der Waals surface area contributed by atoms with Crippen LogP contribution in [0.5, 0.6) is 0 Å². The van der Waals surface area contributed by atoms with Crippen LogP contribution >= 0.6 is 0 Å². The normalized spacial score (nSPS) is 52.9. The van der Waals surface area contributed by atoms with Crippen molar-refractivity contribution >= 4 is 11.9 Å². The first-order chi connectivity index (χ1) is 6.61. The highest BCUT2D eigenvalue weighted by atomic mass is 16.7. The number of hydrogen-bond acceptors (Lipinski definition) is 4. The van der Waals surface area contributed by atoms with Gasteiger partial charge >= 0.3 is 11.9 Å². The van der Waals surface area contributed by atoms with Gasteiger partial charge in [0.25, 0.3) is 0 Å². The third-order valence-corrected chi connectivity index (χ3v) is 3.19. The van der Waals surface area contributed by atoms with Gasteiger partial charge in [-0.2, -0.15) is 0 Å². The molecule has 3 saturated heterocycles. The van der Waals surface area contributed by atoms with E-state index in [1.54, 1.807) is 0 Å². The van der Waals surface area contributed by atoms with E-state index >= 15 is 0 Å². The van der Waals surface area contributed by atoms with E-state index < -0.39 is 36.0 Å². The van der Waals surface area contributed by atoms with Crippen LogP contribution < -0.4 is 0 Å². The Balaban J connectivity index is 1.95. The van der Waals surface area contributed by atoms with Crippen LogP contribution in [0.2, 0.25) is 0 Å². The van der Waals surface area contributed by atoms with Crippen LogP contribution in [-0.4, -0.2) is 46.6 Å². The second-order valence-electron chi connectivity index (χ2n) is 3.86. The Labute approximate surface area is 78.4 Å². The van der Waals surface area contributed by atoms with Crippen molar-refractivity contribution in [3.8, 4) is 0 Å². The fraction of sp³-hybridized carbons (Fsp3) is 0.750. The van der Waals surface area contributed by atoms with Gasteiger partial charge in [-0.15, -0.1) is 0 Å². The Morgan fingerprint density at radius 3 is 1.50 bits per heavy atom. The van der Waals surface area contributed by atoms with Crippen molar-refractivity contribution < 1.29 is 29.3 Å². The lowest BCUT2D eigenvalue weighted by molar-refractivity contribution is -0.153. The van der Waals surface area contributed by atoms with Crippen LogP contribution in [0.15, 0.2) is 0 Å². The Bertz CT molecular complexity index is 296. The minimum absolute atomic E-state index is 0.184. The molecule has 0 aromatic carbocycles. The first kappa shape index (κ1) is 8.19. The summed E-state index contributed by atoms with van der Waals surface area (Å²) in [7, 11) is 0. The number of carboxylic acid groups (broad SMARTS) is 2. The van der Waals surface area contributed by atoms with Gasteiger partial charge in [0, 0.05) is 0 Å². The Hall–Kier alpha value is -1.14. The third kappa shape index (κ3) is 0.777. The summed E-state index contributed by atoms with van der Waals surface area (Å²) < 4.78 is 10.4. The van der Waals surface area contributed by atoms with E-state index in [-0.39, 0.29) is 12.2 Å². The first-order valence-corrected chi connectivity index (χ1v) is 4.38. The van der Waals surface area contributed by atoms with Crippen molar-refractivity contribution in [2.45, 2.75) is 24.4 Å². The number of epoxide rings is 1. The SMILES string of the molecule is O=C(O)[C@@H]1[C@@H]2O[C@@H]([C@H]3O[C@H]32)[C@H]1C(=O)O. The quantitative estimate of drug-likeness (QED) is 0.551. The summed E-state index contributed by atoms with van der Waals surface area (Å²) in [6.45, 7) is 0. The summed E-state index contributed by atoms with van der Waals surface area (Å²) in [5.74, 6) is -4.14. The Morgan fingerprint density at radius 1 is 0.786 bits per heavy atom. The van der Waals surface area contributed by atoms with E-state index in [2.05, 4.69) is 0 Å². The number of ether oxygens (including phenoxy) is 2. The second kappa shape index (κ2) is 2.26. The lowest BCUT2D eigenvalue weighted by atomic mass is 9.79. The summed E-state index contributed by atoms with van der Waals surface area (Å²) in [6, 6.07) is 0. The fourth-order valence-electron chi connectivity index (χ4n) is 2.58. The van der Waals surface area contributed by atoms with Crippen LogP contribution in [0.1, 0.15) is 0 Å². The molecule has 14 heavy (non-hydrogen) atoms. The summed E-state index contributed by atoms with van der Waals surface area (Å²) >= 11 is 0. The molecule has 3 fully saturated rings. The predicted octanol–water partition coefficient (Wildman–Crippen LogP) is -1.06. The van der Waals surface area contributed by atoms with E-state index in [1.165, 1.54) is 0 Å². The van der Waals surface area contributed by atoms with Crippen molar-refractivity contribution in [1.82, 2.24) is 0 Å². The second-order valence-corrected chi connectivity index (χ2v) is 3.86. The molecule has 0 aromatic rings. The van der Waals surface area contributed by atoms with E-state index in [0.717, 1.165) is 0 Å². The van der Waals surface area contributed by atoms with E-state index in [4.69, 9.17) is 19.7 Å². The predicted molar refractivity (Wildman–Crippen MR) is 39.6 cm³/mol. The van der Waals surface area contributed by atoms with Gasteiger partial charge in [-0.05, 0) is 0 Å². The van der Waals surface area contributed by atoms with E-state index in [0.29, 0.717) is 0 Å². The van der Waals surface area contributed by atoms with Crippen LogP contribution in [0.25, 0.3) is 0 Å². The molecule has 3 rings (SSSR count). The van der Waals surface area contributed by atoms with Crippen LogP contribution in [0, 0.1) is 11.8 Å². The molecule has 0 spiro atoms. The summed E-state index contributed by atoms with van der Waals surface area (Å²) in [6.07, 6.45) is -1.50. The highest BCUT2D eigenvalue weighted by Crippen LogP contribution is 2.53. The monoisotopic (exact) mass is 200 g/mol. The van der Waals surface area contributed by atoms with Crippen LogP contribution in [0.3, 0.4) is 0 Å². The number of aliphatic carboxylic acids is 2. The highest BCUT2D eigenvalue weighted by Gasteiger charge is 2.72. The number of carbonyl (C=O) groups is 2. The summed E-state index contributed by atoms with van der Waals surface area (Å²) in [4.78, 5) is 21.7. The number of rotatable bonds is 2. The average Bonchev–Trinajstić information content (AvgIpc) is 2.71. The number of carboxylic acids is 2. The molecule has 2 bridgehead atoms. The van der Waals surface area contributed by atoms with Gasteiger partial charge in [-0.3, -0.25) is 9.59 Å². The van der Waals surface area contributed by atoms with Gasteiger partial charge in [0.2, 0.25) is 0 Å². The lowest BCUT2D eigenvalue weighted by Gasteiger charge is -2.17. The zero-order valence-electron chi connectivity index (χ0n) is 6.99. The molecular formula is C8H8O6. The maximum Gasteiger partial charge on any atom is 0.310 e. The molecule has 0 amide bonds. The molecule has 6 atom stereocenters. The average molecular weight is 200 g/mol. The van der Waals surface area contributed by atoms with E-state index in [9.17, 15) is 9.59 Å². The summed E-state index contributed by atoms with van der Waals surface area (Å²) in [5.41, 5.74) is 0. The molecule has 3 aliphatic heterocycles. The van der Waals surface area contributed by atoms with Crippen molar-refractivity contribution in [1.29, 1.82) is 0 Å². The molecule has 0 radical (unpaired) electrons. The highest BCUT2D eigenvalue weighted by molar-refractivity contribution is 5.82. The van der Waals surface area contributed by atoms with Gasteiger partial charge in [0.05, 0.1) is 0 Å². The number of fused-ring (bicyclic) bond motifs is 5. The molecule has 0 aliphatic carbocycles. The van der Waals surface area contributed by atoms with Crippen LogP contribution in [-0.2, 0) is 19.1 Å². The molecule has 2 N–H and O–H groups in total. The maximum absolute atomic E-state index is 10.9. The zero-order chi connectivity index (χ0) is 10.0. The molecule has 76 valence electrons. The van der Waals surface area contributed by atoms with Crippen molar-refractivity contribution in [2.75, 3.05) is 0 Å². The van der Waals surface area contributed by atoms with Gasteiger partial charge < -0.3 is 19.7 Å².